The number of fused-ring (bicyclic) bond motifs is 3. The van der Waals surface area contributed by atoms with Crippen molar-refractivity contribution in [3.05, 3.63) is 67.6 Å². The highest BCUT2D eigenvalue weighted by atomic mass is 16.6. The molecule has 0 amide bonds. The fourth-order valence-electron chi connectivity index (χ4n) is 5.12. The normalized spacial score (nSPS) is 18.8. The first kappa shape index (κ1) is 28.1. The van der Waals surface area contributed by atoms with Crippen molar-refractivity contribution in [3.8, 4) is 28.7 Å². The van der Waals surface area contributed by atoms with Gasteiger partial charge in [0.1, 0.15) is 34.0 Å². The summed E-state index contributed by atoms with van der Waals surface area (Å²) in [7, 11) is 2.78. The number of hydrogen-bond acceptors (Lipinski definition) is 11. The Labute approximate surface area is 229 Å². The molecular weight excluding hydrogens is 524 g/mol. The minimum absolute atomic E-state index is 0.00313. The summed E-state index contributed by atoms with van der Waals surface area (Å²) >= 11 is 0. The molecule has 210 valence electrons. The zero-order valence-corrected chi connectivity index (χ0v) is 22.8. The van der Waals surface area contributed by atoms with E-state index in [1.165, 1.54) is 54.0 Å². The van der Waals surface area contributed by atoms with Gasteiger partial charge in [-0.15, -0.1) is 0 Å². The van der Waals surface area contributed by atoms with Gasteiger partial charge in [0.25, 0.3) is 5.69 Å². The van der Waals surface area contributed by atoms with Crippen LogP contribution in [0.3, 0.4) is 0 Å². The van der Waals surface area contributed by atoms with Gasteiger partial charge in [0.2, 0.25) is 0 Å². The molecule has 4 rings (SSSR count). The number of ether oxygens (including phenoxy) is 3. The van der Waals surface area contributed by atoms with Crippen LogP contribution in [0.4, 0.5) is 5.69 Å². The molecule has 0 radical (unpaired) electrons. The number of phenolic OH excluding ortho intramolecular Hbond substituents is 2. The molecule has 0 unspecified atom stereocenters. The lowest BCUT2D eigenvalue weighted by atomic mass is 9.70. The molecule has 40 heavy (non-hydrogen) atoms. The first-order valence-electron chi connectivity index (χ1n) is 12.2. The molecule has 2 aromatic carbocycles. The Kier molecular flexibility index (Phi) is 7.05. The number of carbonyl (C=O) groups excluding carboxylic acids is 3. The molecule has 2 aromatic rings. The Hall–Kier alpha value is -4.87. The summed E-state index contributed by atoms with van der Waals surface area (Å²) < 4.78 is 16.2. The number of hydrogen-bond donors (Lipinski definition) is 3. The number of Topliss-reactive ketones (excluding diaryl/α,β-unsaturated/α-hetero) is 2. The zero-order valence-electron chi connectivity index (χ0n) is 22.8. The number of nitrogens with one attached hydrogen (secondary N) is 1. The Bertz CT molecular complexity index is 1570. The maximum absolute atomic E-state index is 13.9. The molecule has 0 spiro atoms. The zero-order chi connectivity index (χ0) is 29.7. The van der Waals surface area contributed by atoms with E-state index in [1.807, 2.05) is 0 Å². The molecule has 12 heteroatoms. The maximum atomic E-state index is 13.9. The number of ketones is 3. The SMILES string of the molecule is COc1cc(CCNC(C)=C2C(=O)C=C3Oc4c(C(C)=O)c(O)c(C)c(O)c4[C@@]3(C)C2=O)c([N+](=O)[O-])cc1OC. The van der Waals surface area contributed by atoms with Gasteiger partial charge in [-0.3, -0.25) is 24.5 Å². The molecule has 1 heterocycles. The van der Waals surface area contributed by atoms with Gasteiger partial charge in [-0.1, -0.05) is 0 Å². The number of carbonyl (C=O) groups is 3. The van der Waals surface area contributed by atoms with Crippen molar-refractivity contribution in [1.29, 1.82) is 0 Å². The fourth-order valence-corrected chi connectivity index (χ4v) is 5.12. The van der Waals surface area contributed by atoms with Crippen LogP contribution in [0.25, 0.3) is 0 Å². The second kappa shape index (κ2) is 10.0. The number of methoxy groups -OCH3 is 2. The Morgan fingerprint density at radius 2 is 1.75 bits per heavy atom. The van der Waals surface area contributed by atoms with Crippen molar-refractivity contribution in [2.75, 3.05) is 20.8 Å². The summed E-state index contributed by atoms with van der Waals surface area (Å²) in [6, 6.07) is 2.76. The van der Waals surface area contributed by atoms with Gasteiger partial charge in [-0.25, -0.2) is 0 Å². The van der Waals surface area contributed by atoms with E-state index < -0.39 is 39.2 Å². The minimum atomic E-state index is -1.64. The highest BCUT2D eigenvalue weighted by Crippen LogP contribution is 2.57. The Balaban J connectivity index is 1.70. The number of benzene rings is 2. The van der Waals surface area contributed by atoms with E-state index in [4.69, 9.17) is 14.2 Å². The van der Waals surface area contributed by atoms with Crippen molar-refractivity contribution in [1.82, 2.24) is 5.32 Å². The van der Waals surface area contributed by atoms with Crippen LogP contribution < -0.4 is 19.5 Å². The number of phenols is 2. The number of rotatable bonds is 8. The van der Waals surface area contributed by atoms with E-state index in [2.05, 4.69) is 5.32 Å². The van der Waals surface area contributed by atoms with Crippen LogP contribution in [0, 0.1) is 17.0 Å². The lowest BCUT2D eigenvalue weighted by Crippen LogP contribution is -2.41. The van der Waals surface area contributed by atoms with Crippen LogP contribution in [-0.2, 0) is 21.4 Å². The predicted octanol–water partition coefficient (Wildman–Crippen LogP) is 3.33. The monoisotopic (exact) mass is 552 g/mol. The molecule has 0 fully saturated rings. The molecule has 0 saturated heterocycles. The largest absolute Gasteiger partial charge is 0.507 e. The second-order valence-electron chi connectivity index (χ2n) is 9.66. The number of nitro groups is 1. The molecule has 2 aliphatic rings. The van der Waals surface area contributed by atoms with E-state index in [0.717, 1.165) is 6.08 Å². The van der Waals surface area contributed by atoms with Crippen LogP contribution in [0.1, 0.15) is 47.8 Å². The van der Waals surface area contributed by atoms with Gasteiger partial charge in [-0.05, 0) is 40.2 Å². The summed E-state index contributed by atoms with van der Waals surface area (Å²) in [6.07, 6.45) is 1.27. The van der Waals surface area contributed by atoms with Crippen LogP contribution in [-0.4, -0.2) is 53.3 Å². The van der Waals surface area contributed by atoms with Crippen molar-refractivity contribution in [3.63, 3.8) is 0 Å². The molecule has 3 N–H and O–H groups in total. The van der Waals surface area contributed by atoms with Crippen molar-refractivity contribution >= 4 is 23.0 Å². The lowest BCUT2D eigenvalue weighted by molar-refractivity contribution is -0.385. The van der Waals surface area contributed by atoms with E-state index >= 15 is 0 Å². The van der Waals surface area contributed by atoms with Crippen molar-refractivity contribution in [2.24, 2.45) is 0 Å². The fraction of sp³-hybridized carbons (Fsp3) is 0.321. The summed E-state index contributed by atoms with van der Waals surface area (Å²) in [5, 5.41) is 36.0. The third-order valence-corrected chi connectivity index (χ3v) is 7.33. The van der Waals surface area contributed by atoms with E-state index in [9.17, 15) is 34.7 Å². The standard InChI is InChI=1S/C28H28N2O10/c1-12-24(33)22(14(3)31)26-23(25(12)34)28(4)20(40-26)11-17(32)21(27(28)35)13(2)29-8-7-15-9-18(38-5)19(39-6)10-16(15)30(36)37/h9-11,29,33-34H,7-8H2,1-6H3/t28-/m0/s1. The summed E-state index contributed by atoms with van der Waals surface area (Å²) in [5.74, 6) is -2.49. The van der Waals surface area contributed by atoms with Gasteiger partial charge in [0.15, 0.2) is 28.8 Å². The average molecular weight is 553 g/mol. The summed E-state index contributed by atoms with van der Waals surface area (Å²) in [5.41, 5.74) is -1.66. The number of nitro benzene ring substituents is 1. The van der Waals surface area contributed by atoms with Crippen molar-refractivity contribution < 1.29 is 43.7 Å². The quantitative estimate of drug-likeness (QED) is 0.144. The Morgan fingerprint density at radius 3 is 2.33 bits per heavy atom. The van der Waals surface area contributed by atoms with Gasteiger partial charge < -0.3 is 29.7 Å². The van der Waals surface area contributed by atoms with Gasteiger partial charge in [0, 0.05) is 29.4 Å². The first-order valence-corrected chi connectivity index (χ1v) is 12.2. The predicted molar refractivity (Wildman–Crippen MR) is 141 cm³/mol. The van der Waals surface area contributed by atoms with E-state index in [-0.39, 0.29) is 63.9 Å². The van der Waals surface area contributed by atoms with Crippen LogP contribution in [0.5, 0.6) is 28.7 Å². The second-order valence-corrected chi connectivity index (χ2v) is 9.66. The number of allylic oxidation sites excluding steroid dienone is 4. The van der Waals surface area contributed by atoms with Gasteiger partial charge >= 0.3 is 0 Å². The highest BCUT2D eigenvalue weighted by Gasteiger charge is 2.56. The maximum Gasteiger partial charge on any atom is 0.276 e. The molecule has 0 bridgehead atoms. The number of aromatic hydroxyl groups is 2. The average Bonchev–Trinajstić information content (AvgIpc) is 3.19. The summed E-state index contributed by atoms with van der Waals surface area (Å²) in [4.78, 5) is 50.4. The minimum Gasteiger partial charge on any atom is -0.507 e. The number of nitrogens with zero attached hydrogens (tertiary/aromatic N) is 1. The molecular formula is C28H28N2O10. The molecule has 12 nitrogen and oxygen atoms in total. The van der Waals surface area contributed by atoms with Crippen molar-refractivity contribution in [2.45, 2.75) is 39.5 Å². The molecule has 0 aromatic heterocycles. The van der Waals surface area contributed by atoms with Gasteiger partial charge in [-0.2, -0.15) is 0 Å². The van der Waals surface area contributed by atoms with E-state index in [1.54, 1.807) is 0 Å². The third-order valence-electron chi connectivity index (χ3n) is 7.33. The summed E-state index contributed by atoms with van der Waals surface area (Å²) in [6.45, 7) is 5.73. The van der Waals surface area contributed by atoms with Crippen LogP contribution >= 0.6 is 0 Å². The highest BCUT2D eigenvalue weighted by molar-refractivity contribution is 6.31. The van der Waals surface area contributed by atoms with Crippen LogP contribution in [0.2, 0.25) is 0 Å². The molecule has 0 saturated carbocycles. The molecule has 1 atom stereocenters. The van der Waals surface area contributed by atoms with Gasteiger partial charge in [0.05, 0.1) is 36.3 Å². The topological polar surface area (TPSA) is 175 Å². The smallest absolute Gasteiger partial charge is 0.276 e. The van der Waals surface area contributed by atoms with Crippen LogP contribution in [0.15, 0.2) is 35.2 Å². The lowest BCUT2D eigenvalue weighted by Gasteiger charge is -2.29. The van der Waals surface area contributed by atoms with E-state index in [0.29, 0.717) is 11.3 Å². The Morgan fingerprint density at radius 1 is 1.12 bits per heavy atom. The molecule has 1 aliphatic carbocycles. The third kappa shape index (κ3) is 4.12. The first-order chi connectivity index (χ1) is 18.8. The molecule has 1 aliphatic heterocycles.